The molecular formula is C22H20BrNO. The van der Waals surface area contributed by atoms with E-state index in [0.717, 1.165) is 33.1 Å². The number of pyridine rings is 1. The highest BCUT2D eigenvalue weighted by atomic mass is 79.9. The first-order valence-electron chi connectivity index (χ1n) is 8.27. The van der Waals surface area contributed by atoms with Crippen molar-refractivity contribution in [2.45, 2.75) is 25.7 Å². The summed E-state index contributed by atoms with van der Waals surface area (Å²) in [4.78, 5) is 16.1. The van der Waals surface area contributed by atoms with Crippen molar-refractivity contribution in [2.75, 3.05) is 0 Å². The van der Waals surface area contributed by atoms with Crippen LogP contribution in [-0.4, -0.2) is 11.3 Å². The lowest BCUT2D eigenvalue weighted by Crippen LogP contribution is -2.31. The zero-order chi connectivity index (χ0) is 17.9. The highest BCUT2D eigenvalue weighted by molar-refractivity contribution is 9.10. The first-order chi connectivity index (χ1) is 12.1. The van der Waals surface area contributed by atoms with E-state index in [2.05, 4.69) is 58.2 Å². The molecule has 1 atom stereocenters. The minimum atomic E-state index is -0.526. The second kappa shape index (κ2) is 7.32. The van der Waals surface area contributed by atoms with E-state index in [-0.39, 0.29) is 0 Å². The Kier molecular flexibility index (Phi) is 5.14. The summed E-state index contributed by atoms with van der Waals surface area (Å²) in [5.41, 5.74) is 4.92. The van der Waals surface area contributed by atoms with Crippen molar-refractivity contribution in [3.05, 3.63) is 99.3 Å². The third kappa shape index (κ3) is 3.29. The van der Waals surface area contributed by atoms with Gasteiger partial charge < -0.3 is 4.79 Å². The molecule has 0 N–H and O–H groups in total. The SMILES string of the molecule is Cc1cc([C@@](CC=O)(c2ccc(Br)cc2)c2ccccc2C)ccn1. The van der Waals surface area contributed by atoms with Crippen LogP contribution in [0.15, 0.2) is 71.3 Å². The number of halogens is 1. The molecule has 0 radical (unpaired) electrons. The smallest absolute Gasteiger partial charge is 0.121 e. The number of aromatic nitrogens is 1. The van der Waals surface area contributed by atoms with E-state index >= 15 is 0 Å². The fourth-order valence-corrected chi connectivity index (χ4v) is 3.81. The van der Waals surface area contributed by atoms with Crippen LogP contribution in [0.25, 0.3) is 0 Å². The van der Waals surface area contributed by atoms with Crippen LogP contribution in [0.3, 0.4) is 0 Å². The molecular weight excluding hydrogens is 374 g/mol. The molecule has 1 heterocycles. The van der Waals surface area contributed by atoms with Gasteiger partial charge in [-0.25, -0.2) is 0 Å². The average molecular weight is 394 g/mol. The number of benzene rings is 2. The molecule has 0 aliphatic heterocycles. The molecule has 2 nitrogen and oxygen atoms in total. The third-order valence-corrected chi connectivity index (χ3v) is 5.25. The summed E-state index contributed by atoms with van der Waals surface area (Å²) in [5, 5.41) is 0. The number of carbonyl (C=O) groups is 1. The molecule has 25 heavy (non-hydrogen) atoms. The maximum Gasteiger partial charge on any atom is 0.121 e. The molecule has 0 saturated carbocycles. The molecule has 0 bridgehead atoms. The molecule has 2 aromatic carbocycles. The Balaban J connectivity index is 2.38. The van der Waals surface area contributed by atoms with Gasteiger partial charge in [-0.15, -0.1) is 0 Å². The van der Waals surface area contributed by atoms with E-state index in [0.29, 0.717) is 6.42 Å². The van der Waals surface area contributed by atoms with Crippen LogP contribution in [0.1, 0.15) is 34.4 Å². The van der Waals surface area contributed by atoms with E-state index in [4.69, 9.17) is 0 Å². The molecule has 0 spiro atoms. The van der Waals surface area contributed by atoms with Gasteiger partial charge in [-0.3, -0.25) is 4.98 Å². The first kappa shape index (κ1) is 17.6. The van der Waals surface area contributed by atoms with Gasteiger partial charge in [0, 0.05) is 22.8 Å². The number of hydrogen-bond acceptors (Lipinski definition) is 2. The molecule has 1 aromatic heterocycles. The molecule has 0 saturated heterocycles. The van der Waals surface area contributed by atoms with E-state index < -0.39 is 5.41 Å². The highest BCUT2D eigenvalue weighted by Crippen LogP contribution is 2.43. The van der Waals surface area contributed by atoms with Crippen LogP contribution in [0.5, 0.6) is 0 Å². The van der Waals surface area contributed by atoms with Crippen molar-refractivity contribution in [1.82, 2.24) is 4.98 Å². The van der Waals surface area contributed by atoms with Gasteiger partial charge in [-0.05, 0) is 60.4 Å². The lowest BCUT2D eigenvalue weighted by molar-refractivity contribution is -0.108. The van der Waals surface area contributed by atoms with Crippen LogP contribution in [0, 0.1) is 13.8 Å². The number of aryl methyl sites for hydroxylation is 2. The Morgan fingerprint density at radius 1 is 1.00 bits per heavy atom. The standard InChI is InChI=1S/C22H20BrNO/c1-16-5-3-4-6-21(16)22(12-14-25,18-7-9-20(23)10-8-18)19-11-13-24-17(2)15-19/h3-11,13-15H,12H2,1-2H3/t22-/m1/s1. The Labute approximate surface area is 157 Å². The topological polar surface area (TPSA) is 30.0 Å². The highest BCUT2D eigenvalue weighted by Gasteiger charge is 2.37. The Bertz CT molecular complexity index is 889. The van der Waals surface area contributed by atoms with Gasteiger partial charge in [0.15, 0.2) is 0 Å². The number of aldehydes is 1. The van der Waals surface area contributed by atoms with Crippen molar-refractivity contribution in [1.29, 1.82) is 0 Å². The van der Waals surface area contributed by atoms with E-state index in [1.807, 2.05) is 43.5 Å². The van der Waals surface area contributed by atoms with E-state index in [9.17, 15) is 4.79 Å². The summed E-state index contributed by atoms with van der Waals surface area (Å²) in [6.07, 6.45) is 3.22. The maximum atomic E-state index is 11.8. The number of hydrogen-bond donors (Lipinski definition) is 0. The largest absolute Gasteiger partial charge is 0.303 e. The predicted octanol–water partition coefficient (Wildman–Crippen LogP) is 5.38. The van der Waals surface area contributed by atoms with Gasteiger partial charge in [0.1, 0.15) is 6.29 Å². The van der Waals surface area contributed by atoms with Crippen LogP contribution in [0.2, 0.25) is 0 Å². The average Bonchev–Trinajstić information content (AvgIpc) is 2.61. The van der Waals surface area contributed by atoms with Crippen LogP contribution in [-0.2, 0) is 10.2 Å². The molecule has 3 rings (SSSR count). The quantitative estimate of drug-likeness (QED) is 0.544. The summed E-state index contributed by atoms with van der Waals surface area (Å²) < 4.78 is 1.02. The molecule has 0 aliphatic carbocycles. The minimum Gasteiger partial charge on any atom is -0.303 e. The third-order valence-electron chi connectivity index (χ3n) is 4.72. The van der Waals surface area contributed by atoms with E-state index in [1.54, 1.807) is 0 Å². The second-order valence-electron chi connectivity index (χ2n) is 6.28. The van der Waals surface area contributed by atoms with Crippen molar-refractivity contribution in [2.24, 2.45) is 0 Å². The predicted molar refractivity (Wildman–Crippen MR) is 105 cm³/mol. The van der Waals surface area contributed by atoms with Crippen molar-refractivity contribution < 1.29 is 4.79 Å². The van der Waals surface area contributed by atoms with Gasteiger partial charge in [0.25, 0.3) is 0 Å². The van der Waals surface area contributed by atoms with Crippen LogP contribution < -0.4 is 0 Å². The fraction of sp³-hybridized carbons (Fsp3) is 0.182. The maximum absolute atomic E-state index is 11.8. The van der Waals surface area contributed by atoms with Gasteiger partial charge in [0.05, 0.1) is 5.41 Å². The van der Waals surface area contributed by atoms with Crippen LogP contribution >= 0.6 is 15.9 Å². The lowest BCUT2D eigenvalue weighted by atomic mass is 9.66. The first-order valence-corrected chi connectivity index (χ1v) is 9.06. The van der Waals surface area contributed by atoms with Gasteiger partial charge in [-0.2, -0.15) is 0 Å². The molecule has 3 heteroatoms. The summed E-state index contributed by atoms with van der Waals surface area (Å²) >= 11 is 3.51. The van der Waals surface area contributed by atoms with E-state index in [1.165, 1.54) is 5.56 Å². The summed E-state index contributed by atoms with van der Waals surface area (Å²) in [6, 6.07) is 20.6. The van der Waals surface area contributed by atoms with Gasteiger partial charge in [0.2, 0.25) is 0 Å². The van der Waals surface area contributed by atoms with Crippen LogP contribution in [0.4, 0.5) is 0 Å². The summed E-state index contributed by atoms with van der Waals surface area (Å²) in [7, 11) is 0. The monoisotopic (exact) mass is 393 g/mol. The van der Waals surface area contributed by atoms with Gasteiger partial charge in [-0.1, -0.05) is 52.3 Å². The Morgan fingerprint density at radius 2 is 1.72 bits per heavy atom. The molecule has 0 fully saturated rings. The lowest BCUT2D eigenvalue weighted by Gasteiger charge is -2.35. The molecule has 0 amide bonds. The number of rotatable bonds is 5. The Hall–Kier alpha value is -2.26. The van der Waals surface area contributed by atoms with Crippen molar-refractivity contribution in [3.8, 4) is 0 Å². The molecule has 0 aliphatic rings. The fourth-order valence-electron chi connectivity index (χ4n) is 3.55. The summed E-state index contributed by atoms with van der Waals surface area (Å²) in [6.45, 7) is 4.08. The molecule has 0 unspecified atom stereocenters. The molecule has 126 valence electrons. The zero-order valence-corrected chi connectivity index (χ0v) is 16.0. The van der Waals surface area contributed by atoms with Crippen molar-refractivity contribution >= 4 is 22.2 Å². The zero-order valence-electron chi connectivity index (χ0n) is 14.4. The van der Waals surface area contributed by atoms with Gasteiger partial charge >= 0.3 is 0 Å². The minimum absolute atomic E-state index is 0.378. The van der Waals surface area contributed by atoms with Crippen molar-refractivity contribution in [3.63, 3.8) is 0 Å². The summed E-state index contributed by atoms with van der Waals surface area (Å²) in [5.74, 6) is 0. The number of carbonyl (C=O) groups excluding carboxylic acids is 1. The second-order valence-corrected chi connectivity index (χ2v) is 7.20. The molecule has 3 aromatic rings. The normalized spacial score (nSPS) is 13.2. The number of nitrogens with zero attached hydrogens (tertiary/aromatic N) is 1. The Morgan fingerprint density at radius 3 is 2.36 bits per heavy atom.